The van der Waals surface area contributed by atoms with Gasteiger partial charge in [0.25, 0.3) is 0 Å². The molecular formula is C24H32N2. The van der Waals surface area contributed by atoms with E-state index in [-0.39, 0.29) is 0 Å². The van der Waals surface area contributed by atoms with Crippen molar-refractivity contribution in [3.63, 3.8) is 0 Å². The Labute approximate surface area is 159 Å². The number of aryl methyl sites for hydroxylation is 2. The van der Waals surface area contributed by atoms with Gasteiger partial charge in [0.1, 0.15) is 0 Å². The molecule has 138 valence electrons. The van der Waals surface area contributed by atoms with Gasteiger partial charge in [0.2, 0.25) is 0 Å². The molecule has 0 spiro atoms. The molecule has 0 bridgehead atoms. The number of rotatable bonds is 11. The molecule has 0 aliphatic rings. The zero-order valence-corrected chi connectivity index (χ0v) is 16.3. The fraction of sp³-hybridized carbons (Fsp3) is 0.417. The highest BCUT2D eigenvalue weighted by molar-refractivity contribution is 5.82. The second-order valence-electron chi connectivity index (χ2n) is 6.89. The third-order valence-corrected chi connectivity index (χ3v) is 4.58. The van der Waals surface area contributed by atoms with E-state index >= 15 is 0 Å². The Hall–Kier alpha value is -2.22. The zero-order valence-electron chi connectivity index (χ0n) is 16.3. The highest BCUT2D eigenvalue weighted by atomic mass is 15.2. The molecule has 2 nitrogen and oxygen atoms in total. The van der Waals surface area contributed by atoms with Gasteiger partial charge in [-0.05, 0) is 47.9 Å². The summed E-state index contributed by atoms with van der Waals surface area (Å²) in [5.74, 6) is 0. The predicted octanol–water partition coefficient (Wildman–Crippen LogP) is 6.61. The average Bonchev–Trinajstić information content (AvgIpc) is 2.68. The van der Waals surface area contributed by atoms with E-state index in [4.69, 9.17) is 0 Å². The summed E-state index contributed by atoms with van der Waals surface area (Å²) >= 11 is 0. The van der Waals surface area contributed by atoms with Crippen molar-refractivity contribution in [2.75, 3.05) is 0 Å². The van der Waals surface area contributed by atoms with Crippen LogP contribution in [0.15, 0.2) is 58.7 Å². The Morgan fingerprint density at radius 2 is 0.962 bits per heavy atom. The molecule has 0 saturated carbocycles. The fourth-order valence-electron chi connectivity index (χ4n) is 2.90. The Kier molecular flexibility index (Phi) is 9.42. The average molecular weight is 349 g/mol. The maximum Gasteiger partial charge on any atom is 0.0568 e. The van der Waals surface area contributed by atoms with Crippen molar-refractivity contribution in [3.05, 3.63) is 70.8 Å². The SMILES string of the molecule is CCCCCc1ccc(/C=N/N=C/c2ccc(CCCCC)cc2)cc1. The lowest BCUT2D eigenvalue weighted by atomic mass is 10.1. The van der Waals surface area contributed by atoms with Gasteiger partial charge in [-0.15, -0.1) is 0 Å². The topological polar surface area (TPSA) is 24.7 Å². The lowest BCUT2D eigenvalue weighted by Gasteiger charge is -2.01. The first-order valence-electron chi connectivity index (χ1n) is 10.1. The standard InChI is InChI=1S/C24H32N2/c1-3-5-7-9-21-11-15-23(16-12-21)19-25-26-20-24-17-13-22(14-18-24)10-8-6-4-2/h11-20H,3-10H2,1-2H3/b25-19+,26-20+. The van der Waals surface area contributed by atoms with E-state index in [0.29, 0.717) is 0 Å². The summed E-state index contributed by atoms with van der Waals surface area (Å²) in [7, 11) is 0. The van der Waals surface area contributed by atoms with E-state index in [1.807, 2.05) is 12.4 Å². The largest absolute Gasteiger partial charge is 0.159 e. The van der Waals surface area contributed by atoms with Crippen LogP contribution < -0.4 is 0 Å². The molecule has 0 amide bonds. The molecule has 0 atom stereocenters. The van der Waals surface area contributed by atoms with Gasteiger partial charge in [-0.25, -0.2) is 0 Å². The van der Waals surface area contributed by atoms with Crippen LogP contribution in [0.3, 0.4) is 0 Å². The summed E-state index contributed by atoms with van der Waals surface area (Å²) < 4.78 is 0. The molecule has 0 heterocycles. The molecule has 2 aromatic carbocycles. The van der Waals surface area contributed by atoms with Gasteiger partial charge in [0.15, 0.2) is 0 Å². The van der Waals surface area contributed by atoms with Crippen LogP contribution in [-0.4, -0.2) is 12.4 Å². The van der Waals surface area contributed by atoms with Crippen molar-refractivity contribution < 1.29 is 0 Å². The van der Waals surface area contributed by atoms with Crippen molar-refractivity contribution in [1.29, 1.82) is 0 Å². The van der Waals surface area contributed by atoms with Crippen LogP contribution in [0.25, 0.3) is 0 Å². The second kappa shape index (κ2) is 12.2. The van der Waals surface area contributed by atoms with E-state index in [1.54, 1.807) is 0 Å². The highest BCUT2D eigenvalue weighted by Gasteiger charge is 1.95. The van der Waals surface area contributed by atoms with E-state index in [2.05, 4.69) is 72.6 Å². The Balaban J connectivity index is 1.79. The molecule has 0 aliphatic carbocycles. The number of benzene rings is 2. The minimum Gasteiger partial charge on any atom is -0.159 e. The number of hydrogen-bond donors (Lipinski definition) is 0. The number of nitrogens with zero attached hydrogens (tertiary/aromatic N) is 2. The van der Waals surface area contributed by atoms with Crippen LogP contribution in [0.4, 0.5) is 0 Å². The first-order valence-corrected chi connectivity index (χ1v) is 10.1. The quantitative estimate of drug-likeness (QED) is 0.248. The minimum atomic E-state index is 1.09. The molecule has 0 radical (unpaired) electrons. The third kappa shape index (κ3) is 7.77. The molecule has 2 rings (SSSR count). The van der Waals surface area contributed by atoms with Crippen molar-refractivity contribution in [1.82, 2.24) is 0 Å². The monoisotopic (exact) mass is 348 g/mol. The highest BCUT2D eigenvalue weighted by Crippen LogP contribution is 2.09. The molecule has 0 N–H and O–H groups in total. The summed E-state index contributed by atoms with van der Waals surface area (Å²) in [6, 6.07) is 17.2. The molecule has 2 heteroatoms. The van der Waals surface area contributed by atoms with Crippen LogP contribution in [0.1, 0.15) is 74.6 Å². The molecule has 0 unspecified atom stereocenters. The van der Waals surface area contributed by atoms with E-state index < -0.39 is 0 Å². The summed E-state index contributed by atoms with van der Waals surface area (Å²) in [5.41, 5.74) is 4.98. The smallest absolute Gasteiger partial charge is 0.0568 e. The maximum absolute atomic E-state index is 4.17. The van der Waals surface area contributed by atoms with Crippen LogP contribution >= 0.6 is 0 Å². The maximum atomic E-state index is 4.17. The van der Waals surface area contributed by atoms with Crippen molar-refractivity contribution >= 4 is 12.4 Å². The molecule has 0 saturated heterocycles. The van der Waals surface area contributed by atoms with Crippen LogP contribution in [0, 0.1) is 0 Å². The van der Waals surface area contributed by atoms with Gasteiger partial charge < -0.3 is 0 Å². The van der Waals surface area contributed by atoms with Gasteiger partial charge >= 0.3 is 0 Å². The Morgan fingerprint density at radius 1 is 0.577 bits per heavy atom. The van der Waals surface area contributed by atoms with Gasteiger partial charge in [-0.3, -0.25) is 0 Å². The number of hydrogen-bond acceptors (Lipinski definition) is 2. The van der Waals surface area contributed by atoms with E-state index in [1.165, 1.54) is 49.7 Å². The first kappa shape index (κ1) is 20.1. The molecule has 26 heavy (non-hydrogen) atoms. The lowest BCUT2D eigenvalue weighted by molar-refractivity contribution is 0.717. The molecule has 2 aromatic rings. The molecule has 0 aliphatic heterocycles. The van der Waals surface area contributed by atoms with Gasteiger partial charge in [0, 0.05) is 0 Å². The summed E-state index contributed by atoms with van der Waals surface area (Å²) in [5, 5.41) is 8.34. The molecular weight excluding hydrogens is 316 g/mol. The Morgan fingerprint density at radius 3 is 1.31 bits per heavy atom. The molecule has 0 fully saturated rings. The van der Waals surface area contributed by atoms with Crippen molar-refractivity contribution in [2.24, 2.45) is 10.2 Å². The minimum absolute atomic E-state index is 1.09. The van der Waals surface area contributed by atoms with Crippen LogP contribution in [0.5, 0.6) is 0 Å². The van der Waals surface area contributed by atoms with Gasteiger partial charge in [0.05, 0.1) is 12.4 Å². The second-order valence-corrected chi connectivity index (χ2v) is 6.89. The van der Waals surface area contributed by atoms with Gasteiger partial charge in [-0.1, -0.05) is 88.1 Å². The van der Waals surface area contributed by atoms with Crippen LogP contribution in [0.2, 0.25) is 0 Å². The van der Waals surface area contributed by atoms with Crippen molar-refractivity contribution in [2.45, 2.75) is 65.2 Å². The fourth-order valence-corrected chi connectivity index (χ4v) is 2.90. The van der Waals surface area contributed by atoms with Crippen molar-refractivity contribution in [3.8, 4) is 0 Å². The summed E-state index contributed by atoms with van der Waals surface area (Å²) in [4.78, 5) is 0. The normalized spacial score (nSPS) is 11.6. The van der Waals surface area contributed by atoms with Gasteiger partial charge in [-0.2, -0.15) is 10.2 Å². The van der Waals surface area contributed by atoms with E-state index in [9.17, 15) is 0 Å². The molecule has 0 aromatic heterocycles. The summed E-state index contributed by atoms with van der Waals surface area (Å²) in [6.45, 7) is 4.48. The number of unbranched alkanes of at least 4 members (excludes halogenated alkanes) is 4. The third-order valence-electron chi connectivity index (χ3n) is 4.58. The first-order chi connectivity index (χ1) is 12.8. The zero-order chi connectivity index (χ0) is 18.5. The summed E-state index contributed by atoms with van der Waals surface area (Å²) in [6.07, 6.45) is 13.6. The van der Waals surface area contributed by atoms with Crippen LogP contribution in [-0.2, 0) is 12.8 Å². The van der Waals surface area contributed by atoms with E-state index in [0.717, 1.165) is 24.0 Å². The lowest BCUT2D eigenvalue weighted by Crippen LogP contribution is -1.88. The predicted molar refractivity (Wildman–Crippen MR) is 115 cm³/mol. The Bertz CT molecular complexity index is 605.